The molecule has 3 nitrogen and oxygen atoms in total. The number of nitriles is 1. The molecule has 0 saturated carbocycles. The summed E-state index contributed by atoms with van der Waals surface area (Å²) in [5.41, 5.74) is -0.504. The Morgan fingerprint density at radius 1 is 1.67 bits per heavy atom. The van der Waals surface area contributed by atoms with Crippen molar-refractivity contribution in [2.24, 2.45) is 5.41 Å². The monoisotopic (exact) mass is 207 g/mol. The summed E-state index contributed by atoms with van der Waals surface area (Å²) in [7, 11) is 0. The van der Waals surface area contributed by atoms with Gasteiger partial charge in [-0.3, -0.25) is 0 Å². The number of nitrogens with zero attached hydrogens (tertiary/aromatic N) is 1. The third-order valence-electron chi connectivity index (χ3n) is 2.37. The summed E-state index contributed by atoms with van der Waals surface area (Å²) in [6, 6.07) is 2.04. The zero-order valence-electron chi connectivity index (χ0n) is 9.54. The molecule has 0 fully saturated rings. The number of rotatable bonds is 5. The van der Waals surface area contributed by atoms with Gasteiger partial charge in [-0.05, 0) is 32.8 Å². The third kappa shape index (κ3) is 2.69. The van der Waals surface area contributed by atoms with Crippen molar-refractivity contribution in [3.63, 3.8) is 0 Å². The molecule has 0 spiro atoms. The molecule has 3 heteroatoms. The third-order valence-corrected chi connectivity index (χ3v) is 2.37. The number of esters is 1. The van der Waals surface area contributed by atoms with Crippen LogP contribution in [0.25, 0.3) is 0 Å². The topological polar surface area (TPSA) is 50.1 Å². The van der Waals surface area contributed by atoms with Gasteiger partial charge in [0.05, 0.1) is 12.7 Å². The van der Waals surface area contributed by atoms with Crippen molar-refractivity contribution in [1.29, 1.82) is 5.26 Å². The molecule has 0 aliphatic carbocycles. The summed E-state index contributed by atoms with van der Waals surface area (Å²) >= 11 is 0. The molecule has 1 atom stereocenters. The van der Waals surface area contributed by atoms with Gasteiger partial charge in [0.25, 0.3) is 0 Å². The standard InChI is InChI=1S/C12H17NO2/c1-5-8-12(9-13,10(4)6-2)11(14)15-7-3/h5-6H,1,7-8H2,2-4H3/b10-6-/t12-/m1/s1. The first-order chi connectivity index (χ1) is 7.08. The van der Waals surface area contributed by atoms with Crippen LogP contribution in [0.1, 0.15) is 27.2 Å². The van der Waals surface area contributed by atoms with Gasteiger partial charge in [0.1, 0.15) is 0 Å². The molecule has 0 aliphatic heterocycles. The van der Waals surface area contributed by atoms with Crippen LogP contribution >= 0.6 is 0 Å². The second-order valence-electron chi connectivity index (χ2n) is 3.20. The maximum Gasteiger partial charge on any atom is 0.331 e. The Kier molecular flexibility index (Phi) is 5.40. The van der Waals surface area contributed by atoms with Crippen LogP contribution < -0.4 is 0 Å². The number of hydrogen-bond acceptors (Lipinski definition) is 3. The molecule has 0 radical (unpaired) electrons. The second kappa shape index (κ2) is 6.02. The van der Waals surface area contributed by atoms with Crippen LogP contribution in [0.4, 0.5) is 0 Å². The molecule has 0 heterocycles. The highest BCUT2D eigenvalue weighted by Crippen LogP contribution is 2.32. The van der Waals surface area contributed by atoms with E-state index in [1.807, 2.05) is 6.07 Å². The van der Waals surface area contributed by atoms with Gasteiger partial charge in [0.15, 0.2) is 5.41 Å². The molecule has 0 saturated heterocycles. The van der Waals surface area contributed by atoms with E-state index in [0.717, 1.165) is 0 Å². The Morgan fingerprint density at radius 3 is 2.60 bits per heavy atom. The van der Waals surface area contributed by atoms with Gasteiger partial charge in [0.2, 0.25) is 0 Å². The summed E-state index contributed by atoms with van der Waals surface area (Å²) in [4.78, 5) is 11.8. The molecule has 0 aliphatic rings. The van der Waals surface area contributed by atoms with E-state index in [1.54, 1.807) is 32.9 Å². The van der Waals surface area contributed by atoms with Crippen LogP contribution in [0.2, 0.25) is 0 Å². The fraction of sp³-hybridized carbons (Fsp3) is 0.500. The van der Waals surface area contributed by atoms with E-state index >= 15 is 0 Å². The van der Waals surface area contributed by atoms with Crippen LogP contribution in [-0.4, -0.2) is 12.6 Å². The molecule has 0 aromatic carbocycles. The lowest BCUT2D eigenvalue weighted by atomic mass is 9.79. The lowest BCUT2D eigenvalue weighted by Gasteiger charge is -2.23. The quantitative estimate of drug-likeness (QED) is 0.514. The molecule has 0 aromatic rings. The van der Waals surface area contributed by atoms with Gasteiger partial charge in [0, 0.05) is 0 Å². The highest BCUT2D eigenvalue weighted by atomic mass is 16.5. The van der Waals surface area contributed by atoms with Crippen LogP contribution in [0.15, 0.2) is 24.3 Å². The van der Waals surface area contributed by atoms with Gasteiger partial charge in [-0.25, -0.2) is 4.79 Å². The predicted octanol–water partition coefficient (Wildman–Crippen LogP) is 2.60. The van der Waals surface area contributed by atoms with E-state index in [1.165, 1.54) is 0 Å². The van der Waals surface area contributed by atoms with Gasteiger partial charge in [-0.2, -0.15) is 5.26 Å². The van der Waals surface area contributed by atoms with Crippen LogP contribution in [0.3, 0.4) is 0 Å². The smallest absolute Gasteiger partial charge is 0.331 e. The molecule has 0 aromatic heterocycles. The zero-order chi connectivity index (χ0) is 11.9. The predicted molar refractivity (Wildman–Crippen MR) is 58.9 cm³/mol. The van der Waals surface area contributed by atoms with Crippen LogP contribution in [0, 0.1) is 16.7 Å². The first-order valence-corrected chi connectivity index (χ1v) is 4.91. The molecular formula is C12H17NO2. The van der Waals surface area contributed by atoms with E-state index in [2.05, 4.69) is 6.58 Å². The van der Waals surface area contributed by atoms with Gasteiger partial charge in [-0.15, -0.1) is 6.58 Å². The molecule has 15 heavy (non-hydrogen) atoms. The summed E-state index contributed by atoms with van der Waals surface area (Å²) in [6.07, 6.45) is 3.59. The van der Waals surface area contributed by atoms with Crippen molar-refractivity contribution in [1.82, 2.24) is 0 Å². The normalized spacial score (nSPS) is 14.9. The number of hydrogen-bond donors (Lipinski definition) is 0. The molecule has 0 N–H and O–H groups in total. The SMILES string of the molecule is C=CC[C@](C#N)(C(=O)OCC)/C(C)=C\C. The highest BCUT2D eigenvalue weighted by molar-refractivity contribution is 5.84. The van der Waals surface area contributed by atoms with Crippen molar-refractivity contribution in [3.8, 4) is 6.07 Å². The summed E-state index contributed by atoms with van der Waals surface area (Å²) in [6.45, 7) is 9.11. The van der Waals surface area contributed by atoms with Crippen molar-refractivity contribution < 1.29 is 9.53 Å². The minimum absolute atomic E-state index is 0.274. The molecule has 0 amide bonds. The Labute approximate surface area is 91.0 Å². The van der Waals surface area contributed by atoms with Gasteiger partial charge in [-0.1, -0.05) is 12.2 Å². The largest absolute Gasteiger partial charge is 0.465 e. The lowest BCUT2D eigenvalue weighted by molar-refractivity contribution is -0.149. The van der Waals surface area contributed by atoms with E-state index in [0.29, 0.717) is 5.57 Å². The van der Waals surface area contributed by atoms with Gasteiger partial charge < -0.3 is 4.74 Å². The fourth-order valence-electron chi connectivity index (χ4n) is 1.30. The van der Waals surface area contributed by atoms with Crippen LogP contribution in [0.5, 0.6) is 0 Å². The molecule has 0 unspecified atom stereocenters. The van der Waals surface area contributed by atoms with Crippen molar-refractivity contribution in [3.05, 3.63) is 24.3 Å². The molecule has 82 valence electrons. The number of ether oxygens (including phenoxy) is 1. The average Bonchev–Trinajstić information content (AvgIpc) is 2.25. The summed E-state index contributed by atoms with van der Waals surface area (Å²) in [5.74, 6) is -0.497. The van der Waals surface area contributed by atoms with E-state index < -0.39 is 11.4 Å². The van der Waals surface area contributed by atoms with E-state index in [-0.39, 0.29) is 13.0 Å². The minimum atomic E-state index is -1.20. The summed E-state index contributed by atoms with van der Waals surface area (Å²) in [5, 5.41) is 9.17. The number of allylic oxidation sites excluding steroid dienone is 2. The highest BCUT2D eigenvalue weighted by Gasteiger charge is 2.40. The van der Waals surface area contributed by atoms with Crippen molar-refractivity contribution in [2.45, 2.75) is 27.2 Å². The first kappa shape index (κ1) is 13.4. The fourth-order valence-corrected chi connectivity index (χ4v) is 1.30. The second-order valence-corrected chi connectivity index (χ2v) is 3.20. The van der Waals surface area contributed by atoms with Crippen LogP contribution in [-0.2, 0) is 9.53 Å². The van der Waals surface area contributed by atoms with E-state index in [4.69, 9.17) is 10.00 Å². The minimum Gasteiger partial charge on any atom is -0.465 e. The molecule has 0 bridgehead atoms. The first-order valence-electron chi connectivity index (χ1n) is 4.91. The number of carbonyl (C=O) groups is 1. The Hall–Kier alpha value is -1.56. The zero-order valence-corrected chi connectivity index (χ0v) is 9.54. The Bertz CT molecular complexity index is 312. The maximum atomic E-state index is 11.8. The Morgan fingerprint density at radius 2 is 2.27 bits per heavy atom. The molecular weight excluding hydrogens is 190 g/mol. The van der Waals surface area contributed by atoms with Crippen molar-refractivity contribution >= 4 is 5.97 Å². The Balaban J connectivity index is 5.26. The van der Waals surface area contributed by atoms with Gasteiger partial charge >= 0.3 is 5.97 Å². The van der Waals surface area contributed by atoms with Crippen molar-refractivity contribution in [2.75, 3.05) is 6.61 Å². The maximum absolute atomic E-state index is 11.8. The molecule has 0 rings (SSSR count). The summed E-state index contributed by atoms with van der Waals surface area (Å²) < 4.78 is 4.92. The lowest BCUT2D eigenvalue weighted by Crippen LogP contribution is -2.32. The average molecular weight is 207 g/mol. The number of carbonyl (C=O) groups excluding carboxylic acids is 1. The van der Waals surface area contributed by atoms with E-state index in [9.17, 15) is 4.79 Å².